The fourth-order valence-electron chi connectivity index (χ4n) is 5.04. The van der Waals surface area contributed by atoms with E-state index < -0.39 is 9.84 Å². The van der Waals surface area contributed by atoms with Crippen molar-refractivity contribution in [2.24, 2.45) is 0 Å². The smallest absolute Gasteiger partial charge is 0.235 e. The second-order valence-electron chi connectivity index (χ2n) is 9.72. The number of hydrogen-bond donors (Lipinski definition) is 2. The minimum absolute atomic E-state index is 0.100. The molecule has 3 heterocycles. The number of benzene rings is 2. The van der Waals surface area contributed by atoms with Crippen molar-refractivity contribution in [1.29, 1.82) is 0 Å². The molecule has 6 rings (SSSR count). The van der Waals surface area contributed by atoms with E-state index in [-0.39, 0.29) is 16.2 Å². The third kappa shape index (κ3) is 4.02. The van der Waals surface area contributed by atoms with Crippen molar-refractivity contribution in [3.8, 4) is 11.8 Å². The minimum atomic E-state index is -3.28. The van der Waals surface area contributed by atoms with E-state index in [0.717, 1.165) is 58.1 Å². The number of aryl methyl sites for hydroxylation is 1. The van der Waals surface area contributed by atoms with Gasteiger partial charge in [-0.3, -0.25) is 4.79 Å². The number of fused-ring (bicyclic) bond motifs is 3. The predicted molar refractivity (Wildman–Crippen MR) is 144 cm³/mol. The van der Waals surface area contributed by atoms with Crippen LogP contribution in [-0.4, -0.2) is 30.5 Å². The number of hydrogen-bond acceptors (Lipinski definition) is 6. The van der Waals surface area contributed by atoms with E-state index in [1.54, 1.807) is 30.6 Å². The molecule has 0 bridgehead atoms. The second kappa shape index (κ2) is 8.43. The lowest BCUT2D eigenvalue weighted by molar-refractivity contribution is -0.123. The van der Waals surface area contributed by atoms with Crippen LogP contribution in [0.3, 0.4) is 0 Å². The molecular weight excluding hydrogens is 484 g/mol. The summed E-state index contributed by atoms with van der Waals surface area (Å²) in [6, 6.07) is 14.7. The topological polar surface area (TPSA) is 101 Å². The molecule has 1 spiro atoms. The fourth-order valence-corrected chi connectivity index (χ4v) is 5.75. The molecule has 2 aliphatic rings. The van der Waals surface area contributed by atoms with Gasteiger partial charge in [0.25, 0.3) is 0 Å². The number of anilines is 3. The lowest BCUT2D eigenvalue weighted by atomic mass is 9.65. The number of rotatable bonds is 3. The Morgan fingerprint density at radius 2 is 1.86 bits per heavy atom. The minimum Gasteiger partial charge on any atom is -0.340 e. The SMILES string of the molecule is Cc1cc(S(C)(=O)=O)ccc1Nc1cc2c(C#Cc3ccc4c(c3)NC(=O)C43CCC3)nccc2cn1. The van der Waals surface area contributed by atoms with Gasteiger partial charge in [-0.25, -0.2) is 18.4 Å². The van der Waals surface area contributed by atoms with E-state index in [2.05, 4.69) is 32.4 Å². The Morgan fingerprint density at radius 3 is 2.59 bits per heavy atom. The summed E-state index contributed by atoms with van der Waals surface area (Å²) in [5, 5.41) is 8.06. The number of pyridine rings is 2. The molecule has 8 heteroatoms. The predicted octanol–water partition coefficient (Wildman–Crippen LogP) is 4.86. The Morgan fingerprint density at radius 1 is 1.03 bits per heavy atom. The summed E-state index contributed by atoms with van der Waals surface area (Å²) < 4.78 is 23.7. The van der Waals surface area contributed by atoms with Gasteiger partial charge in [0.1, 0.15) is 11.5 Å². The highest BCUT2D eigenvalue weighted by Crippen LogP contribution is 2.51. The molecule has 0 radical (unpaired) electrons. The van der Waals surface area contributed by atoms with Crippen molar-refractivity contribution in [1.82, 2.24) is 9.97 Å². The summed E-state index contributed by atoms with van der Waals surface area (Å²) in [5.41, 5.74) is 4.59. The maximum atomic E-state index is 12.5. The lowest BCUT2D eigenvalue weighted by Gasteiger charge is -2.36. The normalized spacial score (nSPS) is 15.5. The third-order valence-electron chi connectivity index (χ3n) is 7.29. The highest BCUT2D eigenvalue weighted by Gasteiger charge is 2.50. The van der Waals surface area contributed by atoms with Gasteiger partial charge < -0.3 is 10.6 Å². The molecule has 1 amide bonds. The van der Waals surface area contributed by atoms with Crippen LogP contribution in [0.1, 0.15) is 41.6 Å². The zero-order valence-electron chi connectivity index (χ0n) is 20.4. The molecule has 1 aliphatic carbocycles. The molecule has 1 saturated carbocycles. The molecule has 0 saturated heterocycles. The van der Waals surface area contributed by atoms with Gasteiger partial charge in [-0.1, -0.05) is 18.4 Å². The van der Waals surface area contributed by atoms with Gasteiger partial charge in [0, 0.05) is 46.4 Å². The molecule has 37 heavy (non-hydrogen) atoms. The molecule has 0 unspecified atom stereocenters. The van der Waals surface area contributed by atoms with Crippen molar-refractivity contribution in [2.45, 2.75) is 36.5 Å². The molecule has 1 aliphatic heterocycles. The zero-order chi connectivity index (χ0) is 25.8. The molecule has 0 atom stereocenters. The average molecular weight is 509 g/mol. The second-order valence-corrected chi connectivity index (χ2v) is 11.7. The van der Waals surface area contributed by atoms with Crippen molar-refractivity contribution < 1.29 is 13.2 Å². The molecule has 1 fully saturated rings. The summed E-state index contributed by atoms with van der Waals surface area (Å²) in [5.74, 6) is 7.09. The van der Waals surface area contributed by atoms with Crippen molar-refractivity contribution >= 4 is 43.7 Å². The Kier molecular flexibility index (Phi) is 5.28. The number of carbonyl (C=O) groups excluding carboxylic acids is 1. The molecule has 2 aromatic heterocycles. The van der Waals surface area contributed by atoms with Crippen LogP contribution in [0.25, 0.3) is 10.8 Å². The zero-order valence-corrected chi connectivity index (χ0v) is 21.2. The highest BCUT2D eigenvalue weighted by molar-refractivity contribution is 7.90. The van der Waals surface area contributed by atoms with Crippen molar-refractivity contribution in [3.63, 3.8) is 0 Å². The summed E-state index contributed by atoms with van der Waals surface area (Å²) >= 11 is 0. The first-order chi connectivity index (χ1) is 17.7. The van der Waals surface area contributed by atoms with Crippen LogP contribution in [0.4, 0.5) is 17.2 Å². The van der Waals surface area contributed by atoms with Gasteiger partial charge in [-0.15, -0.1) is 0 Å². The standard InChI is InChI=1S/C29H24N4O3S/c1-18-14-21(37(2,35)36)6-9-24(18)32-27-16-22-20(17-31-27)10-13-30-25(22)8-5-19-4-7-23-26(15-19)33-28(34)29(23)11-3-12-29/h4,6-7,9-10,13-17H,3,11-12H2,1-2H3,(H,31,32)(H,33,34). The molecule has 4 aromatic rings. The molecular formula is C29H24N4O3S. The monoisotopic (exact) mass is 508 g/mol. The van der Waals surface area contributed by atoms with Crippen LogP contribution in [0, 0.1) is 18.8 Å². The van der Waals surface area contributed by atoms with Crippen molar-refractivity contribution in [3.05, 3.63) is 83.3 Å². The van der Waals surface area contributed by atoms with E-state index in [4.69, 9.17) is 0 Å². The fraction of sp³-hybridized carbons (Fsp3) is 0.207. The van der Waals surface area contributed by atoms with E-state index >= 15 is 0 Å². The van der Waals surface area contributed by atoms with Gasteiger partial charge >= 0.3 is 0 Å². The van der Waals surface area contributed by atoms with E-state index in [1.807, 2.05) is 37.3 Å². The summed E-state index contributed by atoms with van der Waals surface area (Å²) in [7, 11) is -3.28. The quantitative estimate of drug-likeness (QED) is 0.384. The van der Waals surface area contributed by atoms with Gasteiger partial charge in [0.05, 0.1) is 10.3 Å². The van der Waals surface area contributed by atoms with E-state index in [0.29, 0.717) is 11.5 Å². The maximum absolute atomic E-state index is 12.5. The summed E-state index contributed by atoms with van der Waals surface area (Å²) in [6.07, 6.45) is 7.55. The number of nitrogens with zero attached hydrogens (tertiary/aromatic N) is 2. The Labute approximate surface area is 215 Å². The van der Waals surface area contributed by atoms with Gasteiger partial charge in [-0.2, -0.15) is 0 Å². The first-order valence-electron chi connectivity index (χ1n) is 12.0. The molecule has 7 nitrogen and oxygen atoms in total. The number of carbonyl (C=O) groups is 1. The number of sulfone groups is 1. The number of aromatic nitrogens is 2. The number of nitrogens with one attached hydrogen (secondary N) is 2. The average Bonchev–Trinajstić information content (AvgIpc) is 3.14. The third-order valence-corrected chi connectivity index (χ3v) is 8.40. The maximum Gasteiger partial charge on any atom is 0.235 e. The van der Waals surface area contributed by atoms with Crippen LogP contribution in [0.15, 0.2) is 65.8 Å². The number of amides is 1. The van der Waals surface area contributed by atoms with Crippen LogP contribution >= 0.6 is 0 Å². The van der Waals surface area contributed by atoms with Gasteiger partial charge in [0.15, 0.2) is 9.84 Å². The Hall–Kier alpha value is -4.22. The Bertz CT molecular complexity index is 1780. The highest BCUT2D eigenvalue weighted by atomic mass is 32.2. The lowest BCUT2D eigenvalue weighted by Crippen LogP contribution is -2.40. The molecule has 2 aromatic carbocycles. The van der Waals surface area contributed by atoms with E-state index in [9.17, 15) is 13.2 Å². The van der Waals surface area contributed by atoms with Crippen LogP contribution < -0.4 is 10.6 Å². The Balaban J connectivity index is 1.31. The van der Waals surface area contributed by atoms with Crippen LogP contribution in [-0.2, 0) is 20.0 Å². The summed E-state index contributed by atoms with van der Waals surface area (Å²) in [4.78, 5) is 21.8. The largest absolute Gasteiger partial charge is 0.340 e. The van der Waals surface area contributed by atoms with Crippen molar-refractivity contribution in [2.75, 3.05) is 16.9 Å². The first kappa shape index (κ1) is 23.2. The van der Waals surface area contributed by atoms with E-state index in [1.165, 1.54) is 6.26 Å². The van der Waals surface area contributed by atoms with Gasteiger partial charge in [-0.05, 0) is 79.3 Å². The summed E-state index contributed by atoms with van der Waals surface area (Å²) in [6.45, 7) is 1.85. The van der Waals surface area contributed by atoms with Crippen LogP contribution in [0.2, 0.25) is 0 Å². The molecule has 2 N–H and O–H groups in total. The van der Waals surface area contributed by atoms with Crippen LogP contribution in [0.5, 0.6) is 0 Å². The first-order valence-corrected chi connectivity index (χ1v) is 13.9. The van der Waals surface area contributed by atoms with Gasteiger partial charge in [0.2, 0.25) is 5.91 Å². The molecule has 184 valence electrons.